The molecule has 3 rings (SSSR count). The van der Waals surface area contributed by atoms with Crippen LogP contribution in [0.2, 0.25) is 5.02 Å². The van der Waals surface area contributed by atoms with Gasteiger partial charge >= 0.3 is 0 Å². The van der Waals surface area contributed by atoms with E-state index in [1.165, 1.54) is 11.3 Å². The normalized spacial score (nSPS) is 11.2. The largest absolute Gasteiger partial charge is 0.451 e. The molecule has 0 fully saturated rings. The monoisotopic (exact) mass is 321 g/mol. The van der Waals surface area contributed by atoms with Crippen molar-refractivity contribution >= 4 is 44.9 Å². The highest BCUT2D eigenvalue weighted by atomic mass is 35.5. The average molecular weight is 322 g/mol. The molecule has 7 heteroatoms. The molecule has 0 aliphatic rings. The number of aromatic nitrogens is 2. The van der Waals surface area contributed by atoms with E-state index in [2.05, 4.69) is 15.5 Å². The molecule has 0 aliphatic carbocycles. The Kier molecular flexibility index (Phi) is 3.65. The number of amides is 1. The standard InChI is InChI=1S/C14H12ClN3O2S/c1-7(2)13-17-18-14(21-13)16-12(19)11-6-8-5-9(15)3-4-10(8)20-11/h3-7H,1-2H3,(H,16,18,19). The lowest BCUT2D eigenvalue weighted by molar-refractivity contribution is 0.0998. The molecule has 0 spiro atoms. The topological polar surface area (TPSA) is 68.0 Å². The van der Waals surface area contributed by atoms with E-state index >= 15 is 0 Å². The van der Waals surface area contributed by atoms with Gasteiger partial charge in [0.15, 0.2) is 5.76 Å². The van der Waals surface area contributed by atoms with Crippen molar-refractivity contribution in [3.63, 3.8) is 0 Å². The first-order valence-corrected chi connectivity index (χ1v) is 7.56. The van der Waals surface area contributed by atoms with Crippen LogP contribution in [0.4, 0.5) is 5.13 Å². The van der Waals surface area contributed by atoms with Gasteiger partial charge in [-0.2, -0.15) is 0 Å². The highest BCUT2D eigenvalue weighted by molar-refractivity contribution is 7.15. The summed E-state index contributed by atoms with van der Waals surface area (Å²) in [5.74, 6) is 0.142. The first-order valence-electron chi connectivity index (χ1n) is 6.37. The maximum atomic E-state index is 12.1. The van der Waals surface area contributed by atoms with Gasteiger partial charge in [-0.3, -0.25) is 10.1 Å². The van der Waals surface area contributed by atoms with Crippen molar-refractivity contribution in [1.29, 1.82) is 0 Å². The highest BCUT2D eigenvalue weighted by Crippen LogP contribution is 2.25. The molecule has 2 heterocycles. The van der Waals surface area contributed by atoms with Gasteiger partial charge in [0, 0.05) is 16.3 Å². The number of carbonyl (C=O) groups is 1. The Morgan fingerprint density at radius 2 is 2.14 bits per heavy atom. The van der Waals surface area contributed by atoms with Crippen molar-refractivity contribution in [1.82, 2.24) is 10.2 Å². The van der Waals surface area contributed by atoms with Crippen LogP contribution in [0.5, 0.6) is 0 Å². The Bertz CT molecular complexity index is 810. The first kappa shape index (κ1) is 14.0. The molecular formula is C14H12ClN3O2S. The van der Waals surface area contributed by atoms with Crippen LogP contribution in [-0.4, -0.2) is 16.1 Å². The molecule has 5 nitrogen and oxygen atoms in total. The van der Waals surface area contributed by atoms with E-state index < -0.39 is 0 Å². The molecule has 0 unspecified atom stereocenters. The number of nitrogens with zero attached hydrogens (tertiary/aromatic N) is 2. The molecule has 1 aromatic carbocycles. The van der Waals surface area contributed by atoms with E-state index in [4.69, 9.17) is 16.0 Å². The van der Waals surface area contributed by atoms with E-state index in [0.717, 1.165) is 10.4 Å². The molecule has 0 saturated heterocycles. The van der Waals surface area contributed by atoms with Crippen molar-refractivity contribution in [2.45, 2.75) is 19.8 Å². The molecule has 1 amide bonds. The number of carbonyl (C=O) groups excluding carboxylic acids is 1. The third kappa shape index (κ3) is 2.91. The van der Waals surface area contributed by atoms with Gasteiger partial charge in [0.05, 0.1) is 0 Å². The predicted molar refractivity (Wildman–Crippen MR) is 83.2 cm³/mol. The van der Waals surface area contributed by atoms with Crippen LogP contribution in [0.3, 0.4) is 0 Å². The van der Waals surface area contributed by atoms with Crippen molar-refractivity contribution in [3.8, 4) is 0 Å². The Morgan fingerprint density at radius 3 is 2.86 bits per heavy atom. The molecule has 0 bridgehead atoms. The Labute approximate surface area is 129 Å². The van der Waals surface area contributed by atoms with Crippen molar-refractivity contribution in [3.05, 3.63) is 40.1 Å². The molecular weight excluding hydrogens is 310 g/mol. The molecule has 21 heavy (non-hydrogen) atoms. The third-order valence-electron chi connectivity index (χ3n) is 2.86. The third-order valence-corrected chi connectivity index (χ3v) is 4.23. The summed E-state index contributed by atoms with van der Waals surface area (Å²) >= 11 is 7.27. The maximum absolute atomic E-state index is 12.1. The smallest absolute Gasteiger partial charge is 0.293 e. The van der Waals surface area contributed by atoms with E-state index in [-0.39, 0.29) is 17.6 Å². The summed E-state index contributed by atoms with van der Waals surface area (Å²) in [4.78, 5) is 12.1. The zero-order valence-electron chi connectivity index (χ0n) is 11.4. The number of rotatable bonds is 3. The molecule has 0 aliphatic heterocycles. The second-order valence-corrected chi connectivity index (χ2v) is 6.29. The highest BCUT2D eigenvalue weighted by Gasteiger charge is 2.15. The number of nitrogens with one attached hydrogen (secondary N) is 1. The van der Waals surface area contributed by atoms with Crippen molar-refractivity contribution < 1.29 is 9.21 Å². The number of furan rings is 1. The molecule has 0 atom stereocenters. The molecule has 2 aromatic heterocycles. The van der Waals surface area contributed by atoms with Gasteiger partial charge in [0.1, 0.15) is 10.6 Å². The van der Waals surface area contributed by atoms with Crippen LogP contribution < -0.4 is 5.32 Å². The summed E-state index contributed by atoms with van der Waals surface area (Å²) in [6, 6.07) is 6.85. The van der Waals surface area contributed by atoms with E-state index in [0.29, 0.717) is 15.7 Å². The quantitative estimate of drug-likeness (QED) is 0.780. The minimum absolute atomic E-state index is 0.216. The molecule has 3 aromatic rings. The Morgan fingerprint density at radius 1 is 1.33 bits per heavy atom. The molecule has 0 radical (unpaired) electrons. The van der Waals surface area contributed by atoms with Gasteiger partial charge < -0.3 is 4.42 Å². The van der Waals surface area contributed by atoms with Gasteiger partial charge in [-0.15, -0.1) is 10.2 Å². The molecule has 1 N–H and O–H groups in total. The summed E-state index contributed by atoms with van der Waals surface area (Å²) in [5.41, 5.74) is 0.615. The number of fused-ring (bicyclic) bond motifs is 1. The van der Waals surface area contributed by atoms with Gasteiger partial charge in [-0.05, 0) is 24.3 Å². The average Bonchev–Trinajstić information content (AvgIpc) is 3.04. The maximum Gasteiger partial charge on any atom is 0.293 e. The van der Waals surface area contributed by atoms with E-state index in [9.17, 15) is 4.79 Å². The molecule has 0 saturated carbocycles. The Balaban J connectivity index is 1.82. The lowest BCUT2D eigenvalue weighted by Crippen LogP contribution is -2.10. The van der Waals surface area contributed by atoms with Crippen LogP contribution >= 0.6 is 22.9 Å². The zero-order chi connectivity index (χ0) is 15.0. The second kappa shape index (κ2) is 5.46. The lowest BCUT2D eigenvalue weighted by atomic mass is 10.2. The van der Waals surface area contributed by atoms with Gasteiger partial charge in [0.2, 0.25) is 5.13 Å². The van der Waals surface area contributed by atoms with Crippen LogP contribution in [-0.2, 0) is 0 Å². The Hall–Kier alpha value is -1.92. The number of halogens is 1. The van der Waals surface area contributed by atoms with Gasteiger partial charge in [-0.25, -0.2) is 0 Å². The van der Waals surface area contributed by atoms with Gasteiger partial charge in [-0.1, -0.05) is 36.8 Å². The number of benzene rings is 1. The van der Waals surface area contributed by atoms with Crippen molar-refractivity contribution in [2.24, 2.45) is 0 Å². The van der Waals surface area contributed by atoms with Crippen LogP contribution in [0, 0.1) is 0 Å². The minimum Gasteiger partial charge on any atom is -0.451 e. The minimum atomic E-state index is -0.353. The fraction of sp³-hybridized carbons (Fsp3) is 0.214. The van der Waals surface area contributed by atoms with Crippen LogP contribution in [0.15, 0.2) is 28.7 Å². The lowest BCUT2D eigenvalue weighted by Gasteiger charge is -1.96. The van der Waals surface area contributed by atoms with Crippen LogP contribution in [0.1, 0.15) is 35.3 Å². The van der Waals surface area contributed by atoms with Gasteiger partial charge in [0.25, 0.3) is 5.91 Å². The van der Waals surface area contributed by atoms with Crippen LogP contribution in [0.25, 0.3) is 11.0 Å². The summed E-state index contributed by atoms with van der Waals surface area (Å²) in [5, 5.41) is 13.4. The predicted octanol–water partition coefficient (Wildman–Crippen LogP) is 4.31. The number of anilines is 1. The molecule has 108 valence electrons. The van der Waals surface area contributed by atoms with E-state index in [1.807, 2.05) is 13.8 Å². The SMILES string of the molecule is CC(C)c1nnc(NC(=O)c2cc3cc(Cl)ccc3o2)s1. The van der Waals surface area contributed by atoms with Crippen molar-refractivity contribution in [2.75, 3.05) is 5.32 Å². The fourth-order valence-corrected chi connectivity index (χ4v) is 2.72. The summed E-state index contributed by atoms with van der Waals surface area (Å²) in [6.07, 6.45) is 0. The number of hydrogen-bond donors (Lipinski definition) is 1. The summed E-state index contributed by atoms with van der Waals surface area (Å²) < 4.78 is 5.50. The van der Waals surface area contributed by atoms with E-state index in [1.54, 1.807) is 24.3 Å². The summed E-state index contributed by atoms with van der Waals surface area (Å²) in [7, 11) is 0. The number of hydrogen-bond acceptors (Lipinski definition) is 5. The first-order chi connectivity index (χ1) is 10.0. The zero-order valence-corrected chi connectivity index (χ0v) is 13.0. The fourth-order valence-electron chi connectivity index (χ4n) is 1.80. The second-order valence-electron chi connectivity index (χ2n) is 4.85. The summed E-state index contributed by atoms with van der Waals surface area (Å²) in [6.45, 7) is 4.05.